The zero-order valence-electron chi connectivity index (χ0n) is 13.8. The molecule has 26 heavy (non-hydrogen) atoms. The molecular weight excluding hydrogens is 350 g/mol. The number of para-hydroxylation sites is 2. The van der Waals surface area contributed by atoms with E-state index in [1.807, 2.05) is 0 Å². The number of hydrogen-bond donors (Lipinski definition) is 1. The number of nitro benzene ring substituents is 1. The molecule has 0 heterocycles. The molecule has 0 aromatic heterocycles. The van der Waals surface area contributed by atoms with E-state index in [1.165, 1.54) is 26.4 Å². The molecule has 1 N–H and O–H groups in total. The van der Waals surface area contributed by atoms with Crippen LogP contribution in [0.2, 0.25) is 0 Å². The average Bonchev–Trinajstić information content (AvgIpc) is 2.62. The van der Waals surface area contributed by atoms with Gasteiger partial charge in [0.2, 0.25) is 0 Å². The molecule has 2 rings (SSSR count). The summed E-state index contributed by atoms with van der Waals surface area (Å²) in [5, 5.41) is 29.5. The number of rotatable bonds is 6. The first-order chi connectivity index (χ1) is 12.3. The second kappa shape index (κ2) is 9.54. The van der Waals surface area contributed by atoms with Crippen molar-refractivity contribution in [1.29, 1.82) is 0 Å². The molecule has 0 bridgehead atoms. The Bertz CT molecular complexity index is 782. The number of methoxy groups -OCH3 is 1. The van der Waals surface area contributed by atoms with Gasteiger partial charge in [-0.1, -0.05) is 24.3 Å². The fourth-order valence-electron chi connectivity index (χ4n) is 1.87. The van der Waals surface area contributed by atoms with Crippen molar-refractivity contribution in [3.8, 4) is 5.75 Å². The fourth-order valence-corrected chi connectivity index (χ4v) is 1.87. The molecule has 0 aliphatic heterocycles. The summed E-state index contributed by atoms with van der Waals surface area (Å²) in [5.74, 6) is -1.41. The molecule has 11 nitrogen and oxygen atoms in total. The van der Waals surface area contributed by atoms with Crippen LogP contribution in [0, 0.1) is 20.2 Å². The van der Waals surface area contributed by atoms with Crippen LogP contribution in [0.4, 0.5) is 11.4 Å². The second-order valence-electron chi connectivity index (χ2n) is 4.45. The highest BCUT2D eigenvalue weighted by Gasteiger charge is 2.24. The van der Waals surface area contributed by atoms with Crippen LogP contribution in [-0.2, 0) is 4.84 Å². The van der Waals surface area contributed by atoms with E-state index >= 15 is 0 Å². The number of ether oxygens (including phenoxy) is 1. The van der Waals surface area contributed by atoms with Crippen molar-refractivity contribution in [3.05, 3.63) is 74.3 Å². The lowest BCUT2D eigenvalue weighted by atomic mass is 10.1. The number of nitrogens with zero attached hydrogens (tertiary/aromatic N) is 3. The van der Waals surface area contributed by atoms with Gasteiger partial charge in [-0.15, -0.1) is 0 Å². The van der Waals surface area contributed by atoms with Gasteiger partial charge in [-0.25, -0.2) is 19.7 Å². The molecule has 0 saturated heterocycles. The third-order valence-electron chi connectivity index (χ3n) is 2.93. The Hall–Kier alpha value is -3.73. The van der Waals surface area contributed by atoms with Gasteiger partial charge in [-0.2, -0.15) is 0 Å². The Morgan fingerprint density at radius 3 is 2.08 bits per heavy atom. The van der Waals surface area contributed by atoms with Gasteiger partial charge in [0, 0.05) is 5.17 Å². The third-order valence-corrected chi connectivity index (χ3v) is 2.93. The molecule has 138 valence electrons. The standard InChI is InChI=1S/C8H7NO5.C7H8N2O3/c1-14-6-4-2-3-5(8(10)11)7(6)9(12)13;1-12-8(9(10)11)7-5-3-2-4-6-7/h2-4H,1H3,(H,10,11);2-6H,1H3. The molecule has 0 amide bonds. The van der Waals surface area contributed by atoms with E-state index < -0.39 is 21.6 Å². The van der Waals surface area contributed by atoms with E-state index in [2.05, 4.69) is 4.84 Å². The fraction of sp³-hybridized carbons (Fsp3) is 0.133. The van der Waals surface area contributed by atoms with Gasteiger partial charge in [0.05, 0.1) is 19.1 Å². The van der Waals surface area contributed by atoms with E-state index in [9.17, 15) is 25.0 Å². The Morgan fingerprint density at radius 2 is 1.65 bits per heavy atom. The SMILES string of the molecule is CON(c1ccccc1)[N+](=O)[O-].COc1cccc(C(=O)O)c1[N+](=O)[O-]. The summed E-state index contributed by atoms with van der Waals surface area (Å²) in [6.07, 6.45) is 0. The Labute approximate surface area is 147 Å². The number of hydrogen-bond acceptors (Lipinski definition) is 7. The largest absolute Gasteiger partial charge is 0.490 e. The number of carbonyl (C=O) groups is 1. The monoisotopic (exact) mass is 365 g/mol. The maximum absolute atomic E-state index is 10.6. The minimum atomic E-state index is -1.35. The number of aromatic carboxylic acids is 1. The van der Waals surface area contributed by atoms with Crippen LogP contribution in [0.5, 0.6) is 5.75 Å². The van der Waals surface area contributed by atoms with Crippen LogP contribution in [0.15, 0.2) is 48.5 Å². The van der Waals surface area contributed by atoms with Crippen molar-refractivity contribution in [2.24, 2.45) is 0 Å². The van der Waals surface area contributed by atoms with E-state index in [1.54, 1.807) is 30.3 Å². The zero-order chi connectivity index (χ0) is 19.7. The van der Waals surface area contributed by atoms with E-state index in [4.69, 9.17) is 9.84 Å². The molecule has 0 saturated carbocycles. The molecule has 11 heteroatoms. The summed E-state index contributed by atoms with van der Waals surface area (Å²) >= 11 is 0. The first-order valence-corrected chi connectivity index (χ1v) is 6.91. The maximum atomic E-state index is 10.6. The Balaban J connectivity index is 0.000000263. The summed E-state index contributed by atoms with van der Waals surface area (Å²) in [7, 11) is 2.49. The van der Waals surface area contributed by atoms with Gasteiger partial charge in [0.1, 0.15) is 11.3 Å². The average molecular weight is 365 g/mol. The summed E-state index contributed by atoms with van der Waals surface area (Å²) in [6.45, 7) is 0. The number of hydrazine groups is 1. The van der Waals surface area contributed by atoms with Gasteiger partial charge in [0.15, 0.2) is 10.8 Å². The lowest BCUT2D eigenvalue weighted by Gasteiger charge is -2.08. The number of benzene rings is 2. The van der Waals surface area contributed by atoms with Crippen LogP contribution in [0.3, 0.4) is 0 Å². The van der Waals surface area contributed by atoms with Crippen LogP contribution in [0.1, 0.15) is 10.4 Å². The summed E-state index contributed by atoms with van der Waals surface area (Å²) in [6, 6.07) is 12.2. The number of anilines is 1. The predicted molar refractivity (Wildman–Crippen MR) is 89.5 cm³/mol. The topological polar surface area (TPSA) is 145 Å². The molecule has 0 radical (unpaired) electrons. The smallest absolute Gasteiger partial charge is 0.342 e. The van der Waals surface area contributed by atoms with E-state index in [0.29, 0.717) is 10.9 Å². The number of nitro groups is 2. The number of carboxylic acids is 1. The minimum Gasteiger partial charge on any atom is -0.490 e. The third kappa shape index (κ3) is 5.14. The molecule has 0 fully saturated rings. The molecule has 0 unspecified atom stereocenters. The van der Waals surface area contributed by atoms with Gasteiger partial charge in [-0.3, -0.25) is 10.1 Å². The molecule has 0 atom stereocenters. The van der Waals surface area contributed by atoms with Crippen LogP contribution in [-0.4, -0.2) is 35.3 Å². The quantitative estimate of drug-likeness (QED) is 0.602. The van der Waals surface area contributed by atoms with Gasteiger partial charge in [-0.05, 0) is 24.3 Å². The van der Waals surface area contributed by atoms with Crippen molar-refractivity contribution in [3.63, 3.8) is 0 Å². The highest BCUT2D eigenvalue weighted by molar-refractivity contribution is 5.93. The van der Waals surface area contributed by atoms with Gasteiger partial charge < -0.3 is 9.84 Å². The van der Waals surface area contributed by atoms with E-state index in [-0.39, 0.29) is 11.3 Å². The highest BCUT2D eigenvalue weighted by Crippen LogP contribution is 2.30. The van der Waals surface area contributed by atoms with Gasteiger partial charge >= 0.3 is 11.7 Å². The minimum absolute atomic E-state index is 0.0603. The van der Waals surface area contributed by atoms with Crippen molar-refractivity contribution >= 4 is 17.3 Å². The molecular formula is C15H15N3O8. The number of carboxylic acid groups (broad SMARTS) is 1. The maximum Gasteiger partial charge on any atom is 0.342 e. The first-order valence-electron chi connectivity index (χ1n) is 6.91. The van der Waals surface area contributed by atoms with Crippen LogP contribution in [0.25, 0.3) is 0 Å². The Morgan fingerprint density at radius 1 is 1.04 bits per heavy atom. The second-order valence-corrected chi connectivity index (χ2v) is 4.45. The Kier molecular flexibility index (Phi) is 7.45. The first kappa shape index (κ1) is 20.3. The van der Waals surface area contributed by atoms with Crippen molar-refractivity contribution in [2.75, 3.05) is 19.4 Å². The molecule has 0 aliphatic rings. The van der Waals surface area contributed by atoms with Crippen molar-refractivity contribution < 1.29 is 29.4 Å². The van der Waals surface area contributed by atoms with Crippen molar-refractivity contribution in [1.82, 2.24) is 0 Å². The molecule has 0 aliphatic carbocycles. The van der Waals surface area contributed by atoms with Crippen LogP contribution >= 0.6 is 0 Å². The normalized spacial score (nSPS) is 9.46. The molecule has 0 spiro atoms. The van der Waals surface area contributed by atoms with Crippen molar-refractivity contribution in [2.45, 2.75) is 0 Å². The zero-order valence-corrected chi connectivity index (χ0v) is 13.8. The van der Waals surface area contributed by atoms with Gasteiger partial charge in [0.25, 0.3) is 0 Å². The lowest BCUT2D eigenvalue weighted by molar-refractivity contribution is -0.544. The highest BCUT2D eigenvalue weighted by atomic mass is 16.8. The predicted octanol–water partition coefficient (Wildman–Crippen LogP) is 2.55. The van der Waals surface area contributed by atoms with Crippen LogP contribution < -0.4 is 9.91 Å². The lowest BCUT2D eigenvalue weighted by Crippen LogP contribution is -2.28. The summed E-state index contributed by atoms with van der Waals surface area (Å²) in [5.41, 5.74) is -0.512. The summed E-state index contributed by atoms with van der Waals surface area (Å²) in [4.78, 5) is 35.3. The van der Waals surface area contributed by atoms with E-state index in [0.717, 1.165) is 6.07 Å². The molecule has 2 aromatic carbocycles. The summed E-state index contributed by atoms with van der Waals surface area (Å²) < 4.78 is 4.69. The molecule has 2 aromatic rings.